The van der Waals surface area contributed by atoms with Gasteiger partial charge in [0.25, 0.3) is 5.91 Å². The molecule has 10 nitrogen and oxygen atoms in total. The summed E-state index contributed by atoms with van der Waals surface area (Å²) in [5.41, 5.74) is 3.37. The van der Waals surface area contributed by atoms with Crippen molar-refractivity contribution in [1.29, 1.82) is 0 Å². The second kappa shape index (κ2) is 11.9. The van der Waals surface area contributed by atoms with Gasteiger partial charge in [-0.05, 0) is 62.9 Å². The number of rotatable bonds is 6. The van der Waals surface area contributed by atoms with Crippen molar-refractivity contribution in [1.82, 2.24) is 19.7 Å². The Bertz CT molecular complexity index is 1220. The summed E-state index contributed by atoms with van der Waals surface area (Å²) in [6, 6.07) is 9.56. The third kappa shape index (κ3) is 6.10. The highest BCUT2D eigenvalue weighted by Crippen LogP contribution is 2.33. The lowest BCUT2D eigenvalue weighted by Crippen LogP contribution is -2.51. The Balaban J connectivity index is 1.16. The maximum absolute atomic E-state index is 13.5. The van der Waals surface area contributed by atoms with Crippen LogP contribution in [0.15, 0.2) is 30.3 Å². The molecule has 0 radical (unpaired) electrons. The molecule has 3 aliphatic rings. The molecular formula is C29H36N4O6. The number of hydrogen-bond donors (Lipinski definition) is 0. The fraction of sp³-hybridized carbons (Fsp3) is 0.517. The van der Waals surface area contributed by atoms with Crippen molar-refractivity contribution in [2.75, 3.05) is 52.7 Å². The highest BCUT2D eigenvalue weighted by molar-refractivity contribution is 5.95. The fourth-order valence-electron chi connectivity index (χ4n) is 5.45. The molecule has 0 saturated carbocycles. The van der Waals surface area contributed by atoms with Crippen LogP contribution in [0.1, 0.15) is 59.4 Å². The van der Waals surface area contributed by atoms with Crippen molar-refractivity contribution in [3.05, 3.63) is 52.8 Å². The Labute approximate surface area is 228 Å². The number of pyridine rings is 1. The van der Waals surface area contributed by atoms with Crippen molar-refractivity contribution in [2.45, 2.75) is 45.4 Å². The average molecular weight is 537 g/mol. The predicted molar refractivity (Wildman–Crippen MR) is 143 cm³/mol. The van der Waals surface area contributed by atoms with Crippen molar-refractivity contribution >= 4 is 17.9 Å². The average Bonchev–Trinajstić information content (AvgIpc) is 3.44. The van der Waals surface area contributed by atoms with Gasteiger partial charge in [-0.25, -0.2) is 4.79 Å². The standard InChI is InChI=1S/C29H36N4O6/c1-3-37-29(36)33-16-14-32(15-17-33)28(35)23-7-4-20(2)30-27(23)22-10-12-31(13-11-22)26(34)9-6-21-5-8-24-25(18-21)39-19-38-24/h4-5,7-8,18,22H,3,6,9-17,19H2,1-2H3. The molecular weight excluding hydrogens is 500 g/mol. The summed E-state index contributed by atoms with van der Waals surface area (Å²) in [5.74, 6) is 1.68. The molecule has 10 heteroatoms. The van der Waals surface area contributed by atoms with Gasteiger partial charge in [-0.1, -0.05) is 6.07 Å². The van der Waals surface area contributed by atoms with E-state index in [1.54, 1.807) is 16.7 Å². The first-order valence-electron chi connectivity index (χ1n) is 13.8. The topological polar surface area (TPSA) is 102 Å². The molecule has 4 heterocycles. The van der Waals surface area contributed by atoms with E-state index in [-0.39, 0.29) is 30.6 Å². The first-order valence-corrected chi connectivity index (χ1v) is 13.8. The molecule has 0 unspecified atom stereocenters. The number of hydrogen-bond acceptors (Lipinski definition) is 7. The molecule has 0 aliphatic carbocycles. The predicted octanol–water partition coefficient (Wildman–Crippen LogP) is 3.37. The van der Waals surface area contributed by atoms with Gasteiger partial charge in [0.15, 0.2) is 11.5 Å². The van der Waals surface area contributed by atoms with Gasteiger partial charge in [-0.15, -0.1) is 0 Å². The molecule has 1 aromatic heterocycles. The van der Waals surface area contributed by atoms with Crippen molar-refractivity contribution in [2.24, 2.45) is 0 Å². The van der Waals surface area contributed by atoms with Gasteiger partial charge in [0, 0.05) is 57.3 Å². The lowest BCUT2D eigenvalue weighted by Gasteiger charge is -2.35. The third-order valence-electron chi connectivity index (χ3n) is 7.69. The molecule has 3 amide bonds. The van der Waals surface area contributed by atoms with Crippen LogP contribution in [-0.4, -0.2) is 90.3 Å². The number of aromatic nitrogens is 1. The number of piperidine rings is 1. The summed E-state index contributed by atoms with van der Waals surface area (Å²) in [7, 11) is 0. The fourth-order valence-corrected chi connectivity index (χ4v) is 5.45. The number of piperazine rings is 1. The first-order chi connectivity index (χ1) is 18.9. The van der Waals surface area contributed by atoms with Crippen LogP contribution in [-0.2, 0) is 16.0 Å². The van der Waals surface area contributed by atoms with Crippen LogP contribution < -0.4 is 9.47 Å². The largest absolute Gasteiger partial charge is 0.454 e. The molecule has 2 aromatic rings. The number of likely N-dealkylation sites (tertiary alicyclic amines) is 1. The number of nitrogens with zero attached hydrogens (tertiary/aromatic N) is 4. The number of aryl methyl sites for hydroxylation is 2. The Hall–Kier alpha value is -3.82. The quantitative estimate of drug-likeness (QED) is 0.558. The lowest BCUT2D eigenvalue weighted by atomic mass is 9.89. The normalized spacial score (nSPS) is 17.3. The molecule has 0 bridgehead atoms. The number of amides is 3. The molecule has 3 aliphatic heterocycles. The van der Waals surface area contributed by atoms with Gasteiger partial charge in [0.05, 0.1) is 17.9 Å². The third-order valence-corrected chi connectivity index (χ3v) is 7.69. The molecule has 208 valence electrons. The Morgan fingerprint density at radius 1 is 0.923 bits per heavy atom. The smallest absolute Gasteiger partial charge is 0.409 e. The molecule has 0 spiro atoms. The van der Waals surface area contributed by atoms with Crippen LogP contribution in [0.5, 0.6) is 11.5 Å². The van der Waals surface area contributed by atoms with Gasteiger partial charge in [0.1, 0.15) is 0 Å². The number of benzene rings is 1. The zero-order valence-electron chi connectivity index (χ0n) is 22.7. The molecule has 39 heavy (non-hydrogen) atoms. The van der Waals surface area contributed by atoms with E-state index < -0.39 is 0 Å². The minimum atomic E-state index is -0.334. The van der Waals surface area contributed by atoms with E-state index in [4.69, 9.17) is 19.2 Å². The van der Waals surface area contributed by atoms with Crippen molar-refractivity contribution in [3.8, 4) is 11.5 Å². The van der Waals surface area contributed by atoms with Crippen LogP contribution in [0.25, 0.3) is 0 Å². The number of carbonyl (C=O) groups excluding carboxylic acids is 3. The van der Waals surface area contributed by atoms with E-state index in [1.165, 1.54) is 0 Å². The van der Waals surface area contributed by atoms with E-state index in [0.717, 1.165) is 41.3 Å². The summed E-state index contributed by atoms with van der Waals surface area (Å²) >= 11 is 0. The van der Waals surface area contributed by atoms with Gasteiger partial charge in [0.2, 0.25) is 12.7 Å². The van der Waals surface area contributed by atoms with E-state index in [2.05, 4.69) is 0 Å². The maximum Gasteiger partial charge on any atom is 0.409 e. The van der Waals surface area contributed by atoms with Gasteiger partial charge in [-0.2, -0.15) is 0 Å². The maximum atomic E-state index is 13.5. The monoisotopic (exact) mass is 536 g/mol. The second-order valence-electron chi connectivity index (χ2n) is 10.2. The van der Waals surface area contributed by atoms with E-state index in [9.17, 15) is 14.4 Å². The number of fused-ring (bicyclic) bond motifs is 1. The molecule has 1 aromatic carbocycles. The van der Waals surface area contributed by atoms with Crippen molar-refractivity contribution < 1.29 is 28.6 Å². The van der Waals surface area contributed by atoms with Gasteiger partial charge < -0.3 is 28.9 Å². The van der Waals surface area contributed by atoms with E-state index >= 15 is 0 Å². The lowest BCUT2D eigenvalue weighted by molar-refractivity contribution is -0.132. The summed E-state index contributed by atoms with van der Waals surface area (Å²) in [4.78, 5) is 48.6. The number of carbonyl (C=O) groups is 3. The Morgan fingerprint density at radius 2 is 1.64 bits per heavy atom. The number of ether oxygens (including phenoxy) is 3. The Kier molecular flexibility index (Phi) is 8.18. The summed E-state index contributed by atoms with van der Waals surface area (Å²) < 4.78 is 15.9. The SMILES string of the molecule is CCOC(=O)N1CCN(C(=O)c2ccc(C)nc2C2CCN(C(=O)CCc3ccc4c(c3)OCO4)CC2)CC1. The van der Waals surface area contributed by atoms with Crippen LogP contribution in [0, 0.1) is 6.92 Å². The second-order valence-corrected chi connectivity index (χ2v) is 10.2. The molecule has 0 atom stereocenters. The zero-order valence-corrected chi connectivity index (χ0v) is 22.7. The molecule has 2 fully saturated rings. The van der Waals surface area contributed by atoms with E-state index in [0.29, 0.717) is 64.3 Å². The highest BCUT2D eigenvalue weighted by atomic mass is 16.7. The highest BCUT2D eigenvalue weighted by Gasteiger charge is 2.31. The van der Waals surface area contributed by atoms with Gasteiger partial charge in [-0.3, -0.25) is 14.6 Å². The van der Waals surface area contributed by atoms with Gasteiger partial charge >= 0.3 is 6.09 Å². The van der Waals surface area contributed by atoms with E-state index in [1.807, 2.05) is 42.2 Å². The van der Waals surface area contributed by atoms with Crippen LogP contribution >= 0.6 is 0 Å². The van der Waals surface area contributed by atoms with Crippen LogP contribution in [0.2, 0.25) is 0 Å². The zero-order chi connectivity index (χ0) is 27.4. The summed E-state index contributed by atoms with van der Waals surface area (Å²) in [6.45, 7) is 7.40. The minimum absolute atomic E-state index is 0.0526. The minimum Gasteiger partial charge on any atom is -0.454 e. The Morgan fingerprint density at radius 3 is 2.38 bits per heavy atom. The molecule has 2 saturated heterocycles. The van der Waals surface area contributed by atoms with Crippen molar-refractivity contribution in [3.63, 3.8) is 0 Å². The molecule has 5 rings (SSSR count). The molecule has 0 N–H and O–H groups in total. The van der Waals surface area contributed by atoms with Crippen LogP contribution in [0.3, 0.4) is 0 Å². The first kappa shape index (κ1) is 26.8. The summed E-state index contributed by atoms with van der Waals surface area (Å²) in [5, 5.41) is 0. The van der Waals surface area contributed by atoms with Crippen LogP contribution in [0.4, 0.5) is 4.79 Å². The summed E-state index contributed by atoms with van der Waals surface area (Å²) in [6.07, 6.45) is 2.29.